The summed E-state index contributed by atoms with van der Waals surface area (Å²) in [5.74, 6) is 0. The number of hydrogen-bond donors (Lipinski definition) is 2. The van der Waals surface area contributed by atoms with Crippen LogP contribution in [0.4, 0.5) is 0 Å². The van der Waals surface area contributed by atoms with Gasteiger partial charge >= 0.3 is 7.48 Å². The highest BCUT2D eigenvalue weighted by Gasteiger charge is 1.82. The van der Waals surface area contributed by atoms with Crippen LogP contribution in [0.25, 0.3) is 0 Å². The summed E-state index contributed by atoms with van der Waals surface area (Å²) in [6.07, 6.45) is 1.71. The van der Waals surface area contributed by atoms with Gasteiger partial charge in [0.1, 0.15) is 0 Å². The van der Waals surface area contributed by atoms with Gasteiger partial charge in [0, 0.05) is 7.05 Å². The molecule has 0 aliphatic rings. The lowest BCUT2D eigenvalue weighted by Crippen LogP contribution is -1.98. The standard InChI is InChI=1S/C4H9BNO/c1-4(5-7)3-6-2/h3,6-7H,1-2H3/b4-3+. The Hall–Kier alpha value is -0.435. The van der Waals surface area contributed by atoms with E-state index in [4.69, 9.17) is 5.02 Å². The largest absolute Gasteiger partial charge is 0.450 e. The van der Waals surface area contributed by atoms with Crippen LogP contribution in [0.3, 0.4) is 0 Å². The minimum Gasteiger partial charge on any atom is -0.450 e. The van der Waals surface area contributed by atoms with E-state index in [9.17, 15) is 0 Å². The van der Waals surface area contributed by atoms with Gasteiger partial charge in [0.2, 0.25) is 0 Å². The minimum atomic E-state index is 0.822. The predicted octanol–water partition coefficient (Wildman–Crippen LogP) is -0.321. The van der Waals surface area contributed by atoms with Crippen molar-refractivity contribution in [3.05, 3.63) is 11.7 Å². The molecular formula is C4H9BNO. The number of hydrogen-bond acceptors (Lipinski definition) is 2. The topological polar surface area (TPSA) is 32.3 Å². The van der Waals surface area contributed by atoms with Crippen LogP contribution in [0.15, 0.2) is 11.7 Å². The normalized spacial score (nSPS) is 11.0. The lowest BCUT2D eigenvalue weighted by Gasteiger charge is -1.88. The molecule has 0 saturated heterocycles. The average molecular weight is 97.9 g/mol. The zero-order chi connectivity index (χ0) is 5.70. The fraction of sp³-hybridized carbons (Fsp3) is 0.500. The van der Waals surface area contributed by atoms with Gasteiger partial charge in [-0.3, -0.25) is 0 Å². The van der Waals surface area contributed by atoms with Gasteiger partial charge in [0.15, 0.2) is 0 Å². The van der Waals surface area contributed by atoms with Crippen molar-refractivity contribution in [2.45, 2.75) is 6.92 Å². The second-order valence-electron chi connectivity index (χ2n) is 1.31. The maximum Gasteiger partial charge on any atom is 0.323 e. The molecule has 0 spiro atoms. The molecule has 0 heterocycles. The van der Waals surface area contributed by atoms with E-state index in [0.29, 0.717) is 0 Å². The van der Waals surface area contributed by atoms with Crippen LogP contribution in [0.1, 0.15) is 6.92 Å². The van der Waals surface area contributed by atoms with E-state index >= 15 is 0 Å². The first kappa shape index (κ1) is 6.56. The molecule has 0 aromatic rings. The van der Waals surface area contributed by atoms with Crippen molar-refractivity contribution >= 4 is 7.48 Å². The molecule has 0 bridgehead atoms. The summed E-state index contributed by atoms with van der Waals surface area (Å²) >= 11 is 0. The van der Waals surface area contributed by atoms with Gasteiger partial charge in [0.25, 0.3) is 0 Å². The first-order chi connectivity index (χ1) is 3.31. The number of nitrogens with one attached hydrogen (secondary N) is 1. The lowest BCUT2D eigenvalue weighted by atomic mass is 9.91. The maximum absolute atomic E-state index is 8.23. The van der Waals surface area contributed by atoms with Gasteiger partial charge in [-0.25, -0.2) is 0 Å². The van der Waals surface area contributed by atoms with Crippen LogP contribution in [0, 0.1) is 0 Å². The summed E-state index contributed by atoms with van der Waals surface area (Å²) in [6, 6.07) is 0. The zero-order valence-electron chi connectivity index (χ0n) is 4.60. The molecule has 3 heteroatoms. The van der Waals surface area contributed by atoms with Crippen LogP contribution >= 0.6 is 0 Å². The van der Waals surface area contributed by atoms with Gasteiger partial charge in [-0.05, 0) is 13.1 Å². The first-order valence-corrected chi connectivity index (χ1v) is 2.12. The molecule has 7 heavy (non-hydrogen) atoms. The van der Waals surface area contributed by atoms with E-state index in [2.05, 4.69) is 5.32 Å². The highest BCUT2D eigenvalue weighted by Crippen LogP contribution is 1.79. The van der Waals surface area contributed by atoms with Crippen molar-refractivity contribution in [2.24, 2.45) is 0 Å². The Morgan fingerprint density at radius 2 is 2.43 bits per heavy atom. The molecule has 2 nitrogen and oxygen atoms in total. The van der Waals surface area contributed by atoms with Crippen LogP contribution in [-0.4, -0.2) is 19.6 Å². The van der Waals surface area contributed by atoms with E-state index in [1.54, 1.807) is 20.2 Å². The Balaban J connectivity index is 3.29. The van der Waals surface area contributed by atoms with Crippen molar-refractivity contribution in [3.63, 3.8) is 0 Å². The van der Waals surface area contributed by atoms with Crippen LogP contribution < -0.4 is 5.32 Å². The predicted molar refractivity (Wildman–Crippen MR) is 30.8 cm³/mol. The Labute approximate surface area is 44.5 Å². The molecule has 0 aliphatic carbocycles. The van der Waals surface area contributed by atoms with E-state index in [-0.39, 0.29) is 0 Å². The summed E-state index contributed by atoms with van der Waals surface area (Å²) in [5.41, 5.74) is 0.822. The molecule has 0 unspecified atom stereocenters. The second kappa shape index (κ2) is 3.74. The molecule has 0 aromatic carbocycles. The summed E-state index contributed by atoms with van der Waals surface area (Å²) in [7, 11) is 2.84. The van der Waals surface area contributed by atoms with Gasteiger partial charge in [-0.1, -0.05) is 5.47 Å². The summed E-state index contributed by atoms with van der Waals surface area (Å²) in [5, 5.41) is 11.0. The fourth-order valence-corrected chi connectivity index (χ4v) is 0.265. The van der Waals surface area contributed by atoms with Crippen molar-refractivity contribution in [1.29, 1.82) is 0 Å². The lowest BCUT2D eigenvalue weighted by molar-refractivity contribution is 0.610. The molecule has 1 radical (unpaired) electrons. The highest BCUT2D eigenvalue weighted by atomic mass is 16.2. The van der Waals surface area contributed by atoms with E-state index in [1.807, 2.05) is 0 Å². The van der Waals surface area contributed by atoms with Gasteiger partial charge in [0.05, 0.1) is 0 Å². The van der Waals surface area contributed by atoms with Crippen LogP contribution in [0.2, 0.25) is 0 Å². The summed E-state index contributed by atoms with van der Waals surface area (Å²) < 4.78 is 0. The third-order valence-electron chi connectivity index (χ3n) is 0.576. The molecular weight excluding hydrogens is 88.9 g/mol. The van der Waals surface area contributed by atoms with Gasteiger partial charge in [-0.2, -0.15) is 0 Å². The van der Waals surface area contributed by atoms with Crippen LogP contribution in [0.5, 0.6) is 0 Å². The Morgan fingerprint density at radius 3 is 2.57 bits per heavy atom. The smallest absolute Gasteiger partial charge is 0.323 e. The molecule has 0 aliphatic heterocycles. The fourth-order valence-electron chi connectivity index (χ4n) is 0.265. The molecule has 0 aromatic heterocycles. The van der Waals surface area contributed by atoms with Gasteiger partial charge < -0.3 is 10.3 Å². The molecule has 0 saturated carbocycles. The van der Waals surface area contributed by atoms with Crippen molar-refractivity contribution < 1.29 is 5.02 Å². The maximum atomic E-state index is 8.23. The Bertz CT molecular complexity index is 72.1. The van der Waals surface area contributed by atoms with Crippen molar-refractivity contribution in [1.82, 2.24) is 5.32 Å². The van der Waals surface area contributed by atoms with E-state index in [1.165, 1.54) is 0 Å². The molecule has 0 amide bonds. The van der Waals surface area contributed by atoms with Crippen molar-refractivity contribution in [3.8, 4) is 0 Å². The number of rotatable bonds is 2. The Morgan fingerprint density at radius 1 is 1.86 bits per heavy atom. The number of allylic oxidation sites excluding steroid dienone is 1. The second-order valence-corrected chi connectivity index (χ2v) is 1.31. The Kier molecular flexibility index (Phi) is 3.51. The first-order valence-electron chi connectivity index (χ1n) is 2.12. The third kappa shape index (κ3) is 3.39. The molecule has 0 atom stereocenters. The summed E-state index contributed by atoms with van der Waals surface area (Å²) in [6.45, 7) is 1.80. The van der Waals surface area contributed by atoms with Crippen LogP contribution in [-0.2, 0) is 0 Å². The highest BCUT2D eigenvalue weighted by molar-refractivity contribution is 6.35. The zero-order valence-corrected chi connectivity index (χ0v) is 4.60. The molecule has 39 valence electrons. The SMILES string of the molecule is CN/C=C(\C)[B]O. The molecule has 2 N–H and O–H groups in total. The quantitative estimate of drug-likeness (QED) is 0.464. The van der Waals surface area contributed by atoms with Gasteiger partial charge in [-0.15, -0.1) is 0 Å². The minimum absolute atomic E-state index is 0.822. The van der Waals surface area contributed by atoms with Crippen molar-refractivity contribution in [2.75, 3.05) is 7.05 Å². The summed E-state index contributed by atoms with van der Waals surface area (Å²) in [4.78, 5) is 0. The third-order valence-corrected chi connectivity index (χ3v) is 0.576. The monoisotopic (exact) mass is 98.1 g/mol. The molecule has 0 rings (SSSR count). The van der Waals surface area contributed by atoms with E-state index < -0.39 is 0 Å². The molecule has 0 fully saturated rings. The van der Waals surface area contributed by atoms with E-state index in [0.717, 1.165) is 13.0 Å². The average Bonchev–Trinajstić information content (AvgIpc) is 1.68.